The number of benzene rings is 1. The molecule has 0 spiro atoms. The Balaban J connectivity index is 2.05. The largest absolute Gasteiger partial charge is 0.354 e. The first-order chi connectivity index (χ1) is 9.98. The molecule has 0 atom stereocenters. The average Bonchev–Trinajstić information content (AvgIpc) is 2.40. The molecule has 1 aromatic carbocycles. The third-order valence-electron chi connectivity index (χ3n) is 2.61. The third-order valence-corrected chi connectivity index (χ3v) is 4.31. The van der Waals surface area contributed by atoms with Gasteiger partial charge >= 0.3 is 0 Å². The molecule has 0 aliphatic heterocycles. The van der Waals surface area contributed by atoms with Crippen LogP contribution < -0.4 is 10.0 Å². The van der Waals surface area contributed by atoms with Gasteiger partial charge in [-0.1, -0.05) is 24.6 Å². The first kappa shape index (κ1) is 15.6. The highest BCUT2D eigenvalue weighted by Crippen LogP contribution is 2.20. The summed E-state index contributed by atoms with van der Waals surface area (Å²) in [4.78, 5) is 4.08. The van der Waals surface area contributed by atoms with Crippen molar-refractivity contribution in [2.75, 3.05) is 15.8 Å². The number of rotatable bonds is 6. The van der Waals surface area contributed by atoms with E-state index in [1.165, 1.54) is 0 Å². The van der Waals surface area contributed by atoms with E-state index >= 15 is 0 Å². The van der Waals surface area contributed by atoms with Crippen LogP contribution in [0.1, 0.15) is 13.3 Å². The smallest absolute Gasteiger partial charge is 0.233 e. The highest BCUT2D eigenvalue weighted by atomic mass is 35.5. The maximum Gasteiger partial charge on any atom is 0.233 e. The lowest BCUT2D eigenvalue weighted by Crippen LogP contribution is -2.16. The van der Waals surface area contributed by atoms with Crippen LogP contribution in [-0.2, 0) is 10.0 Å². The fourth-order valence-corrected chi connectivity index (χ4v) is 3.01. The van der Waals surface area contributed by atoms with E-state index in [9.17, 15) is 8.42 Å². The van der Waals surface area contributed by atoms with Crippen LogP contribution in [-0.4, -0.2) is 19.2 Å². The minimum atomic E-state index is -3.31. The van der Waals surface area contributed by atoms with Gasteiger partial charge in [0.25, 0.3) is 0 Å². The summed E-state index contributed by atoms with van der Waals surface area (Å²) < 4.78 is 25.7. The molecule has 112 valence electrons. The summed E-state index contributed by atoms with van der Waals surface area (Å²) in [5.74, 6) is 0.386. The standard InChI is InChI=1S/C14H16ClN3O2S/c1-2-8-21(19,20)18-14-7-6-13(10-16-14)17-12-5-3-4-11(15)9-12/h3-7,9-10,17H,2,8H2,1H3,(H,16,18). The predicted molar refractivity (Wildman–Crippen MR) is 86.7 cm³/mol. The highest BCUT2D eigenvalue weighted by molar-refractivity contribution is 7.92. The third kappa shape index (κ3) is 4.91. The Hall–Kier alpha value is -1.79. The number of aromatic nitrogens is 1. The molecular formula is C14H16ClN3O2S. The average molecular weight is 326 g/mol. The number of nitrogens with zero attached hydrogens (tertiary/aromatic N) is 1. The zero-order valence-corrected chi connectivity index (χ0v) is 13.1. The SMILES string of the molecule is CCCS(=O)(=O)Nc1ccc(Nc2cccc(Cl)c2)cn1. The molecule has 0 aliphatic rings. The van der Waals surface area contributed by atoms with Crippen LogP contribution in [0.4, 0.5) is 17.2 Å². The molecule has 2 aromatic rings. The Morgan fingerprint density at radius 3 is 2.62 bits per heavy atom. The predicted octanol–water partition coefficient (Wildman–Crippen LogP) is 3.63. The first-order valence-corrected chi connectivity index (χ1v) is 8.50. The molecule has 21 heavy (non-hydrogen) atoms. The molecule has 1 aromatic heterocycles. The number of nitrogens with one attached hydrogen (secondary N) is 2. The number of pyridine rings is 1. The molecular weight excluding hydrogens is 310 g/mol. The summed E-state index contributed by atoms with van der Waals surface area (Å²) >= 11 is 5.91. The molecule has 0 unspecified atom stereocenters. The fourth-order valence-electron chi connectivity index (χ4n) is 1.74. The quantitative estimate of drug-likeness (QED) is 0.850. The lowest BCUT2D eigenvalue weighted by Gasteiger charge is -2.09. The summed E-state index contributed by atoms with van der Waals surface area (Å²) in [6.45, 7) is 1.81. The summed E-state index contributed by atoms with van der Waals surface area (Å²) in [5.41, 5.74) is 1.58. The number of sulfonamides is 1. The van der Waals surface area contributed by atoms with Gasteiger partial charge in [0.15, 0.2) is 0 Å². The van der Waals surface area contributed by atoms with E-state index in [2.05, 4.69) is 15.0 Å². The number of hydrogen-bond acceptors (Lipinski definition) is 4. The highest BCUT2D eigenvalue weighted by Gasteiger charge is 2.09. The normalized spacial score (nSPS) is 11.1. The molecule has 1 heterocycles. The molecule has 2 rings (SSSR count). The Labute approximate surface area is 129 Å². The molecule has 7 heteroatoms. The number of hydrogen-bond donors (Lipinski definition) is 2. The molecule has 2 N–H and O–H groups in total. The second-order valence-electron chi connectivity index (χ2n) is 4.49. The second-order valence-corrected chi connectivity index (χ2v) is 6.77. The van der Waals surface area contributed by atoms with Crippen LogP contribution in [0.3, 0.4) is 0 Å². The second kappa shape index (κ2) is 6.78. The summed E-state index contributed by atoms with van der Waals surface area (Å²) in [6, 6.07) is 10.7. The molecule has 0 saturated carbocycles. The lowest BCUT2D eigenvalue weighted by atomic mass is 10.3. The van der Waals surface area contributed by atoms with Gasteiger partial charge in [0.05, 0.1) is 17.6 Å². The van der Waals surface area contributed by atoms with Crippen molar-refractivity contribution in [2.24, 2.45) is 0 Å². The first-order valence-electron chi connectivity index (χ1n) is 6.47. The minimum absolute atomic E-state index is 0.0806. The van der Waals surface area contributed by atoms with Crippen LogP contribution in [0, 0.1) is 0 Å². The van der Waals surface area contributed by atoms with Crippen molar-refractivity contribution >= 4 is 38.8 Å². The Morgan fingerprint density at radius 1 is 1.19 bits per heavy atom. The van der Waals surface area contributed by atoms with Gasteiger partial charge in [-0.25, -0.2) is 13.4 Å². The molecule has 0 radical (unpaired) electrons. The van der Waals surface area contributed by atoms with Crippen molar-refractivity contribution < 1.29 is 8.42 Å². The van der Waals surface area contributed by atoms with Crippen molar-refractivity contribution in [2.45, 2.75) is 13.3 Å². The molecule has 5 nitrogen and oxygen atoms in total. The topological polar surface area (TPSA) is 71.1 Å². The van der Waals surface area contributed by atoms with Crippen molar-refractivity contribution in [3.05, 3.63) is 47.6 Å². The van der Waals surface area contributed by atoms with Crippen molar-refractivity contribution in [1.82, 2.24) is 4.98 Å². The molecule has 0 amide bonds. The van der Waals surface area contributed by atoms with E-state index in [0.717, 1.165) is 11.4 Å². The van der Waals surface area contributed by atoms with Gasteiger partial charge < -0.3 is 5.32 Å². The van der Waals surface area contributed by atoms with Crippen LogP contribution in [0.2, 0.25) is 5.02 Å². The maximum atomic E-state index is 11.6. The summed E-state index contributed by atoms with van der Waals surface area (Å²) in [6.07, 6.45) is 2.12. The van der Waals surface area contributed by atoms with E-state index in [0.29, 0.717) is 17.3 Å². The van der Waals surface area contributed by atoms with Crippen LogP contribution in [0.25, 0.3) is 0 Å². The van der Waals surface area contributed by atoms with Gasteiger partial charge in [0.1, 0.15) is 5.82 Å². The summed E-state index contributed by atoms with van der Waals surface area (Å²) in [5, 5.41) is 3.77. The van der Waals surface area contributed by atoms with Crippen molar-refractivity contribution in [3.63, 3.8) is 0 Å². The zero-order chi connectivity index (χ0) is 15.3. The Kier molecular flexibility index (Phi) is 5.03. The monoisotopic (exact) mass is 325 g/mol. The molecule has 0 saturated heterocycles. The molecule has 0 aliphatic carbocycles. The minimum Gasteiger partial charge on any atom is -0.354 e. The van der Waals surface area contributed by atoms with E-state index in [-0.39, 0.29) is 5.75 Å². The van der Waals surface area contributed by atoms with Gasteiger partial charge in [-0.05, 0) is 36.8 Å². The van der Waals surface area contributed by atoms with Crippen molar-refractivity contribution in [1.29, 1.82) is 0 Å². The lowest BCUT2D eigenvalue weighted by molar-refractivity contribution is 0.599. The van der Waals surface area contributed by atoms with E-state index in [1.54, 1.807) is 30.5 Å². The maximum absolute atomic E-state index is 11.6. The van der Waals surface area contributed by atoms with E-state index in [1.807, 2.05) is 19.1 Å². The summed E-state index contributed by atoms with van der Waals surface area (Å²) in [7, 11) is -3.31. The zero-order valence-electron chi connectivity index (χ0n) is 11.5. The Bertz CT molecular complexity index is 702. The van der Waals surface area contributed by atoms with Gasteiger partial charge in [-0.2, -0.15) is 0 Å². The van der Waals surface area contributed by atoms with Gasteiger partial charge in [-0.15, -0.1) is 0 Å². The van der Waals surface area contributed by atoms with Crippen molar-refractivity contribution in [3.8, 4) is 0 Å². The van der Waals surface area contributed by atoms with E-state index in [4.69, 9.17) is 11.6 Å². The van der Waals surface area contributed by atoms with Crippen LogP contribution in [0.5, 0.6) is 0 Å². The van der Waals surface area contributed by atoms with Gasteiger partial charge in [-0.3, -0.25) is 4.72 Å². The van der Waals surface area contributed by atoms with Gasteiger partial charge in [0.2, 0.25) is 10.0 Å². The number of anilines is 3. The molecule has 0 fully saturated rings. The van der Waals surface area contributed by atoms with Gasteiger partial charge in [0, 0.05) is 10.7 Å². The van der Waals surface area contributed by atoms with E-state index < -0.39 is 10.0 Å². The van der Waals surface area contributed by atoms with Crippen LogP contribution in [0.15, 0.2) is 42.6 Å². The molecule has 0 bridgehead atoms. The van der Waals surface area contributed by atoms with Crippen LogP contribution >= 0.6 is 11.6 Å². The fraction of sp³-hybridized carbons (Fsp3) is 0.214. The Morgan fingerprint density at radius 2 is 2.00 bits per heavy atom. The number of halogens is 1.